The first-order valence-electron chi connectivity index (χ1n) is 18.6. The minimum atomic E-state index is -1.18. The van der Waals surface area contributed by atoms with Crippen LogP contribution in [0.15, 0.2) is 12.3 Å². The van der Waals surface area contributed by atoms with Crippen molar-refractivity contribution in [1.82, 2.24) is 30.0 Å². The van der Waals surface area contributed by atoms with E-state index in [1.165, 1.54) is 7.11 Å². The quantitative estimate of drug-likeness (QED) is 0.224. The van der Waals surface area contributed by atoms with Crippen molar-refractivity contribution in [2.45, 2.75) is 103 Å². The minimum absolute atomic E-state index is 0.0126. The van der Waals surface area contributed by atoms with Gasteiger partial charge in [0.2, 0.25) is 5.88 Å². The van der Waals surface area contributed by atoms with Gasteiger partial charge in [-0.05, 0) is 84.4 Å². The Bertz CT molecular complexity index is 1970. The molecule has 52 heavy (non-hydrogen) atoms. The number of piperidine rings is 1. The molecule has 3 saturated heterocycles. The van der Waals surface area contributed by atoms with Crippen LogP contribution in [0.25, 0.3) is 33.1 Å². The van der Waals surface area contributed by atoms with Crippen LogP contribution in [0, 0.1) is 18.2 Å². The van der Waals surface area contributed by atoms with Gasteiger partial charge in [0.15, 0.2) is 5.82 Å². The van der Waals surface area contributed by atoms with E-state index >= 15 is 4.39 Å². The lowest BCUT2D eigenvalue weighted by atomic mass is 9.74. The molecule has 0 bridgehead atoms. The number of aromatic amines is 1. The maximum absolute atomic E-state index is 17.3. The number of nitrogens with one attached hydrogen (secondary N) is 1. The lowest BCUT2D eigenvalue weighted by Gasteiger charge is -2.51. The number of pyridine rings is 1. The fourth-order valence-corrected chi connectivity index (χ4v) is 9.79. The lowest BCUT2D eigenvalue weighted by molar-refractivity contribution is -0.0967. The number of hydrogen-bond acceptors (Lipinski definition) is 11. The highest BCUT2D eigenvalue weighted by Crippen LogP contribution is 2.50. The van der Waals surface area contributed by atoms with Crippen LogP contribution in [0.5, 0.6) is 11.9 Å². The molecule has 6 atom stereocenters. The lowest BCUT2D eigenvalue weighted by Crippen LogP contribution is -2.57. The smallest absolute Gasteiger partial charge is 0.319 e. The summed E-state index contributed by atoms with van der Waals surface area (Å²) in [5, 5.41) is 19.7. The molecular weight excluding hydrogens is 689 g/mol. The number of anilines is 1. The summed E-state index contributed by atoms with van der Waals surface area (Å²) in [6, 6.07) is 2.71. The molecule has 4 fully saturated rings. The standard InChI is InChI=1S/C38H49ClFN7O5/c1-21-14-24(15-22(2)52-21)47-11-7-10-38(9-6-8-28(38)47)20-51-36-43-33-30(34(44-36)46-12-13-50-19-37(4,48)18-46)35(49-5)42-32(31(33)40)29-23(3)26(39)16-27-25(29)17-41-45-27/h16-17,21-22,24,28,48H,6-15,18-20H2,1-5H3,(H,41,45)/t21-,22+,24?,28-,37+,38-/m1/s1. The molecule has 0 spiro atoms. The fourth-order valence-electron chi connectivity index (χ4n) is 9.59. The number of benzene rings is 1. The van der Waals surface area contributed by atoms with Crippen LogP contribution < -0.4 is 14.4 Å². The molecular formula is C38H49ClFN7O5. The second-order valence-corrected chi connectivity index (χ2v) is 16.2. The number of rotatable bonds is 7. The molecule has 1 aromatic carbocycles. The van der Waals surface area contributed by atoms with E-state index in [2.05, 4.69) is 28.9 Å². The molecule has 3 aromatic heterocycles. The number of halogens is 2. The van der Waals surface area contributed by atoms with E-state index in [1.807, 2.05) is 11.8 Å². The zero-order chi connectivity index (χ0) is 36.4. The van der Waals surface area contributed by atoms with Gasteiger partial charge in [-0.3, -0.25) is 10.00 Å². The minimum Gasteiger partial charge on any atom is -0.480 e. The van der Waals surface area contributed by atoms with Gasteiger partial charge >= 0.3 is 6.01 Å². The van der Waals surface area contributed by atoms with Gasteiger partial charge in [0.25, 0.3) is 0 Å². The Morgan fingerprint density at radius 2 is 1.92 bits per heavy atom. The van der Waals surface area contributed by atoms with Crippen molar-refractivity contribution >= 4 is 39.2 Å². The number of fused-ring (bicyclic) bond motifs is 3. The van der Waals surface area contributed by atoms with Crippen LogP contribution in [0.1, 0.15) is 71.3 Å². The molecule has 0 amide bonds. The van der Waals surface area contributed by atoms with Crippen molar-refractivity contribution in [1.29, 1.82) is 0 Å². The number of nitrogens with zero attached hydrogens (tertiary/aromatic N) is 6. The van der Waals surface area contributed by atoms with Crippen molar-refractivity contribution in [2.24, 2.45) is 5.41 Å². The Morgan fingerprint density at radius 3 is 2.71 bits per heavy atom. The maximum atomic E-state index is 17.3. The third kappa shape index (κ3) is 6.36. The number of methoxy groups -OCH3 is 1. The van der Waals surface area contributed by atoms with Crippen LogP contribution in [0.2, 0.25) is 5.02 Å². The molecule has 1 saturated carbocycles. The molecule has 280 valence electrons. The van der Waals surface area contributed by atoms with Crippen molar-refractivity contribution in [3.63, 3.8) is 0 Å². The number of likely N-dealkylation sites (tertiary alicyclic amines) is 1. The third-order valence-electron chi connectivity index (χ3n) is 11.8. The molecule has 4 aliphatic rings. The van der Waals surface area contributed by atoms with E-state index in [0.717, 1.165) is 51.5 Å². The van der Waals surface area contributed by atoms with Gasteiger partial charge < -0.3 is 29.0 Å². The van der Waals surface area contributed by atoms with Crippen LogP contribution in [-0.2, 0) is 9.47 Å². The highest BCUT2D eigenvalue weighted by molar-refractivity contribution is 6.33. The summed E-state index contributed by atoms with van der Waals surface area (Å²) in [7, 11) is 1.49. The summed E-state index contributed by atoms with van der Waals surface area (Å²) >= 11 is 6.64. The monoisotopic (exact) mass is 737 g/mol. The Morgan fingerprint density at radius 1 is 1.13 bits per heavy atom. The Labute approximate surface area is 308 Å². The number of hydrogen-bond donors (Lipinski definition) is 2. The summed E-state index contributed by atoms with van der Waals surface area (Å²) in [5.74, 6) is -0.141. The van der Waals surface area contributed by atoms with Gasteiger partial charge in [-0.2, -0.15) is 15.1 Å². The number of aromatic nitrogens is 5. The van der Waals surface area contributed by atoms with E-state index in [-0.39, 0.29) is 53.9 Å². The molecule has 8 rings (SSSR count). The van der Waals surface area contributed by atoms with Gasteiger partial charge in [0, 0.05) is 40.0 Å². The molecule has 14 heteroatoms. The Hall–Kier alpha value is -3.36. The first-order chi connectivity index (χ1) is 25.0. The number of β-amino-alcohol motifs (C(OH)–C–C–N with tert-alkyl or cyclic N) is 1. The van der Waals surface area contributed by atoms with Crippen molar-refractivity contribution in [3.05, 3.63) is 28.7 Å². The summed E-state index contributed by atoms with van der Waals surface area (Å²) in [6.07, 6.45) is 9.65. The second kappa shape index (κ2) is 13.8. The number of ether oxygens (including phenoxy) is 4. The normalized spacial score (nSPS) is 30.1. The largest absolute Gasteiger partial charge is 0.480 e. The Balaban J connectivity index is 1.23. The van der Waals surface area contributed by atoms with E-state index in [9.17, 15) is 5.11 Å². The maximum Gasteiger partial charge on any atom is 0.319 e. The van der Waals surface area contributed by atoms with Gasteiger partial charge in [-0.15, -0.1) is 0 Å². The molecule has 0 radical (unpaired) electrons. The van der Waals surface area contributed by atoms with E-state index in [1.54, 1.807) is 19.2 Å². The van der Waals surface area contributed by atoms with Crippen LogP contribution in [-0.4, -0.2) is 112 Å². The van der Waals surface area contributed by atoms with Crippen molar-refractivity contribution < 1.29 is 28.4 Å². The number of H-pyrrole nitrogens is 1. The van der Waals surface area contributed by atoms with Gasteiger partial charge in [0.1, 0.15) is 28.0 Å². The molecule has 12 nitrogen and oxygen atoms in total. The summed E-state index contributed by atoms with van der Waals surface area (Å²) < 4.78 is 41.6. The van der Waals surface area contributed by atoms with Crippen LogP contribution in [0.4, 0.5) is 10.2 Å². The molecule has 2 N–H and O–H groups in total. The topological polar surface area (TPSA) is 131 Å². The van der Waals surface area contributed by atoms with Gasteiger partial charge in [-0.1, -0.05) is 18.0 Å². The molecule has 6 heterocycles. The summed E-state index contributed by atoms with van der Waals surface area (Å²) in [6.45, 7) is 10.5. The average molecular weight is 738 g/mol. The van der Waals surface area contributed by atoms with E-state index < -0.39 is 11.4 Å². The molecule has 1 unspecified atom stereocenters. The first kappa shape index (κ1) is 35.7. The predicted molar refractivity (Wildman–Crippen MR) is 197 cm³/mol. The van der Waals surface area contributed by atoms with Crippen LogP contribution in [0.3, 0.4) is 0 Å². The summed E-state index contributed by atoms with van der Waals surface area (Å²) in [4.78, 5) is 19.1. The molecule has 4 aromatic rings. The highest BCUT2D eigenvalue weighted by Gasteiger charge is 2.51. The molecule has 3 aliphatic heterocycles. The van der Waals surface area contributed by atoms with Crippen molar-refractivity contribution in [3.8, 4) is 23.1 Å². The SMILES string of the molecule is COc1nc(-c2c(C)c(Cl)cc3[nH]ncc23)c(F)c2nc(OC[C@]34CCC[C@H]3N(C3C[C@@H](C)O[C@@H](C)C3)CCC4)nc(N3CCOC[C@@](C)(O)C3)c12. The zero-order valence-corrected chi connectivity index (χ0v) is 31.4. The van der Waals surface area contributed by atoms with Crippen molar-refractivity contribution in [2.75, 3.05) is 51.5 Å². The fraction of sp³-hybridized carbons (Fsp3) is 0.632. The molecule has 1 aliphatic carbocycles. The van der Waals surface area contributed by atoms with E-state index in [4.69, 9.17) is 45.5 Å². The van der Waals surface area contributed by atoms with Gasteiger partial charge in [-0.25, -0.2) is 9.37 Å². The highest BCUT2D eigenvalue weighted by atomic mass is 35.5. The van der Waals surface area contributed by atoms with Crippen LogP contribution >= 0.6 is 11.6 Å². The zero-order valence-electron chi connectivity index (χ0n) is 30.7. The average Bonchev–Trinajstić information content (AvgIpc) is 3.72. The Kier molecular flexibility index (Phi) is 9.47. The first-order valence-corrected chi connectivity index (χ1v) is 19.0. The van der Waals surface area contributed by atoms with E-state index in [0.29, 0.717) is 70.1 Å². The number of aliphatic hydroxyl groups is 1. The third-order valence-corrected chi connectivity index (χ3v) is 12.2. The van der Waals surface area contributed by atoms with Gasteiger partial charge in [0.05, 0.1) is 57.4 Å². The summed E-state index contributed by atoms with van der Waals surface area (Å²) in [5.41, 5.74) is 0.604. The predicted octanol–water partition coefficient (Wildman–Crippen LogP) is 6.23. The second-order valence-electron chi connectivity index (χ2n) is 15.8.